The Labute approximate surface area is 143 Å². The number of carbonyl (C=O) groups excluding carboxylic acids is 1. The van der Waals surface area contributed by atoms with Gasteiger partial charge in [0.1, 0.15) is 5.75 Å². The van der Waals surface area contributed by atoms with Gasteiger partial charge in [0.2, 0.25) is 5.91 Å². The standard InChI is InChI=1S/C20H24N2O2/c1-15(2)24-19-10-6-4-8-17(19)14-22-13-16-7-3-5-9-18(16)21-12-11-20(22)23/h3-10,15,21H,11-14H2,1-2H3. The Morgan fingerprint density at radius 3 is 2.71 bits per heavy atom. The molecule has 0 fully saturated rings. The summed E-state index contributed by atoms with van der Waals surface area (Å²) in [7, 11) is 0. The number of nitrogens with zero attached hydrogens (tertiary/aromatic N) is 1. The van der Waals surface area contributed by atoms with E-state index >= 15 is 0 Å². The predicted octanol–water partition coefficient (Wildman–Crippen LogP) is 3.82. The van der Waals surface area contributed by atoms with Crippen LogP contribution in [0.25, 0.3) is 0 Å². The van der Waals surface area contributed by atoms with Gasteiger partial charge in [0.25, 0.3) is 0 Å². The predicted molar refractivity (Wildman–Crippen MR) is 96.0 cm³/mol. The summed E-state index contributed by atoms with van der Waals surface area (Å²) in [6.45, 7) is 5.87. The molecule has 2 aromatic carbocycles. The zero-order valence-electron chi connectivity index (χ0n) is 14.3. The molecule has 126 valence electrons. The number of hydrogen-bond donors (Lipinski definition) is 1. The van der Waals surface area contributed by atoms with Crippen LogP contribution in [-0.2, 0) is 17.9 Å². The number of para-hydroxylation sites is 2. The van der Waals surface area contributed by atoms with Gasteiger partial charge in [0.05, 0.1) is 6.10 Å². The molecule has 1 aliphatic heterocycles. The number of anilines is 1. The van der Waals surface area contributed by atoms with E-state index in [4.69, 9.17) is 4.74 Å². The van der Waals surface area contributed by atoms with Gasteiger partial charge in [0, 0.05) is 37.3 Å². The SMILES string of the molecule is CC(C)Oc1ccccc1CN1Cc2ccccc2NCCC1=O. The Hall–Kier alpha value is -2.49. The van der Waals surface area contributed by atoms with E-state index < -0.39 is 0 Å². The van der Waals surface area contributed by atoms with E-state index in [2.05, 4.69) is 17.4 Å². The van der Waals surface area contributed by atoms with Crippen LogP contribution in [0.5, 0.6) is 5.75 Å². The zero-order chi connectivity index (χ0) is 16.9. The second kappa shape index (κ2) is 7.39. The monoisotopic (exact) mass is 324 g/mol. The third kappa shape index (κ3) is 3.88. The number of carbonyl (C=O) groups is 1. The molecule has 0 saturated carbocycles. The summed E-state index contributed by atoms with van der Waals surface area (Å²) in [6, 6.07) is 16.1. The van der Waals surface area contributed by atoms with E-state index in [1.807, 2.05) is 55.1 Å². The maximum absolute atomic E-state index is 12.6. The average molecular weight is 324 g/mol. The highest BCUT2D eigenvalue weighted by Gasteiger charge is 2.20. The number of ether oxygens (including phenoxy) is 1. The first-order chi connectivity index (χ1) is 11.6. The lowest BCUT2D eigenvalue weighted by Crippen LogP contribution is -2.33. The molecule has 0 atom stereocenters. The number of rotatable bonds is 4. The third-order valence-electron chi connectivity index (χ3n) is 4.08. The van der Waals surface area contributed by atoms with Gasteiger partial charge in [-0.15, -0.1) is 0 Å². The molecule has 0 spiro atoms. The maximum atomic E-state index is 12.6. The molecule has 24 heavy (non-hydrogen) atoms. The highest BCUT2D eigenvalue weighted by molar-refractivity contribution is 5.78. The lowest BCUT2D eigenvalue weighted by Gasteiger charge is -2.28. The summed E-state index contributed by atoms with van der Waals surface area (Å²) in [5, 5.41) is 3.35. The molecule has 0 bridgehead atoms. The smallest absolute Gasteiger partial charge is 0.224 e. The van der Waals surface area contributed by atoms with Gasteiger partial charge in [0.15, 0.2) is 0 Å². The quantitative estimate of drug-likeness (QED) is 0.929. The van der Waals surface area contributed by atoms with Crippen LogP contribution >= 0.6 is 0 Å². The molecule has 0 radical (unpaired) electrons. The van der Waals surface area contributed by atoms with E-state index in [1.165, 1.54) is 0 Å². The summed E-state index contributed by atoms with van der Waals surface area (Å²) in [5.74, 6) is 1.02. The van der Waals surface area contributed by atoms with Gasteiger partial charge in [-0.25, -0.2) is 0 Å². The summed E-state index contributed by atoms with van der Waals surface area (Å²) >= 11 is 0. The second-order valence-corrected chi connectivity index (χ2v) is 6.36. The topological polar surface area (TPSA) is 41.6 Å². The molecule has 0 saturated heterocycles. The fourth-order valence-electron chi connectivity index (χ4n) is 2.94. The Morgan fingerprint density at radius 2 is 1.88 bits per heavy atom. The van der Waals surface area contributed by atoms with E-state index in [9.17, 15) is 4.79 Å². The highest BCUT2D eigenvalue weighted by atomic mass is 16.5. The fourth-order valence-corrected chi connectivity index (χ4v) is 2.94. The molecule has 0 aromatic heterocycles. The number of nitrogens with one attached hydrogen (secondary N) is 1. The van der Waals surface area contributed by atoms with E-state index in [1.54, 1.807) is 0 Å². The zero-order valence-corrected chi connectivity index (χ0v) is 14.3. The van der Waals surface area contributed by atoms with Crippen LogP contribution in [0, 0.1) is 0 Å². The van der Waals surface area contributed by atoms with Crippen molar-refractivity contribution in [3.63, 3.8) is 0 Å². The molecule has 3 rings (SSSR count). The molecular formula is C20H24N2O2. The molecule has 2 aromatic rings. The largest absolute Gasteiger partial charge is 0.491 e. The Balaban J connectivity index is 1.85. The second-order valence-electron chi connectivity index (χ2n) is 6.36. The van der Waals surface area contributed by atoms with Gasteiger partial charge in [-0.3, -0.25) is 4.79 Å². The van der Waals surface area contributed by atoms with Crippen LogP contribution < -0.4 is 10.1 Å². The Kier molecular flexibility index (Phi) is 5.04. The molecule has 0 aliphatic carbocycles. The number of hydrogen-bond acceptors (Lipinski definition) is 3. The molecule has 0 unspecified atom stereocenters. The minimum absolute atomic E-state index is 0.110. The lowest BCUT2D eigenvalue weighted by molar-refractivity contribution is -0.132. The molecule has 4 nitrogen and oxygen atoms in total. The van der Waals surface area contributed by atoms with Gasteiger partial charge in [-0.1, -0.05) is 36.4 Å². The lowest BCUT2D eigenvalue weighted by atomic mass is 10.1. The number of amides is 1. The van der Waals surface area contributed by atoms with Crippen molar-refractivity contribution in [1.29, 1.82) is 0 Å². The third-order valence-corrected chi connectivity index (χ3v) is 4.08. The van der Waals surface area contributed by atoms with Crippen molar-refractivity contribution in [2.24, 2.45) is 0 Å². The molecular weight excluding hydrogens is 300 g/mol. The summed E-state index contributed by atoms with van der Waals surface area (Å²) < 4.78 is 5.90. The van der Waals surface area contributed by atoms with Gasteiger partial charge >= 0.3 is 0 Å². The van der Waals surface area contributed by atoms with Crippen molar-refractivity contribution in [2.75, 3.05) is 11.9 Å². The molecule has 1 N–H and O–H groups in total. The first kappa shape index (κ1) is 16.4. The average Bonchev–Trinajstić information content (AvgIpc) is 2.55. The number of benzene rings is 2. The molecule has 1 heterocycles. The van der Waals surface area contributed by atoms with Crippen LogP contribution in [0.2, 0.25) is 0 Å². The van der Waals surface area contributed by atoms with Crippen LogP contribution in [0.1, 0.15) is 31.4 Å². The first-order valence-corrected chi connectivity index (χ1v) is 8.47. The van der Waals surface area contributed by atoms with Crippen molar-refractivity contribution in [3.05, 3.63) is 59.7 Å². The fraction of sp³-hybridized carbons (Fsp3) is 0.350. The summed E-state index contributed by atoms with van der Waals surface area (Å²) in [4.78, 5) is 14.5. The maximum Gasteiger partial charge on any atom is 0.224 e. The molecule has 4 heteroatoms. The van der Waals surface area contributed by atoms with Gasteiger partial charge < -0.3 is 15.0 Å². The number of fused-ring (bicyclic) bond motifs is 1. The van der Waals surface area contributed by atoms with Gasteiger partial charge in [-0.2, -0.15) is 0 Å². The minimum atomic E-state index is 0.110. The summed E-state index contributed by atoms with van der Waals surface area (Å²) in [5.41, 5.74) is 3.31. The minimum Gasteiger partial charge on any atom is -0.491 e. The Bertz CT molecular complexity index is 712. The van der Waals surface area contributed by atoms with Crippen molar-refractivity contribution in [2.45, 2.75) is 39.5 Å². The summed E-state index contributed by atoms with van der Waals surface area (Å²) in [6.07, 6.45) is 0.612. The van der Waals surface area contributed by atoms with Crippen molar-refractivity contribution in [3.8, 4) is 5.75 Å². The Morgan fingerprint density at radius 1 is 1.12 bits per heavy atom. The van der Waals surface area contributed by atoms with Crippen molar-refractivity contribution in [1.82, 2.24) is 4.90 Å². The van der Waals surface area contributed by atoms with Crippen LogP contribution in [0.4, 0.5) is 5.69 Å². The van der Waals surface area contributed by atoms with Crippen LogP contribution in [-0.4, -0.2) is 23.5 Å². The molecule has 1 aliphatic rings. The highest BCUT2D eigenvalue weighted by Crippen LogP contribution is 2.25. The van der Waals surface area contributed by atoms with Crippen LogP contribution in [0.3, 0.4) is 0 Å². The van der Waals surface area contributed by atoms with Crippen LogP contribution in [0.15, 0.2) is 48.5 Å². The van der Waals surface area contributed by atoms with Gasteiger partial charge in [-0.05, 0) is 31.5 Å². The van der Waals surface area contributed by atoms with Crippen molar-refractivity contribution < 1.29 is 9.53 Å². The van der Waals surface area contributed by atoms with E-state index in [0.29, 0.717) is 26.1 Å². The normalized spacial score (nSPS) is 14.6. The molecule has 1 amide bonds. The van der Waals surface area contributed by atoms with Crippen molar-refractivity contribution >= 4 is 11.6 Å². The van der Waals surface area contributed by atoms with E-state index in [-0.39, 0.29) is 12.0 Å². The first-order valence-electron chi connectivity index (χ1n) is 8.47. The van der Waals surface area contributed by atoms with E-state index in [0.717, 1.165) is 22.6 Å².